The second kappa shape index (κ2) is 11.3. The number of nitrogens with one attached hydrogen (secondary N) is 2. The van der Waals surface area contributed by atoms with Gasteiger partial charge in [-0.2, -0.15) is 13.2 Å². The molecule has 2 aliphatic heterocycles. The topological polar surface area (TPSA) is 129 Å². The lowest BCUT2D eigenvalue weighted by Crippen LogP contribution is -2.42. The number of halogens is 3. The number of fused-ring (bicyclic) bond motifs is 9. The summed E-state index contributed by atoms with van der Waals surface area (Å²) in [5.74, 6) is -3.08. The fraction of sp³-hybridized carbons (Fsp3) is 0.294. The van der Waals surface area contributed by atoms with E-state index in [1.807, 2.05) is 12.1 Å². The van der Waals surface area contributed by atoms with Gasteiger partial charge in [-0.25, -0.2) is 0 Å². The molecule has 3 amide bonds. The third kappa shape index (κ3) is 5.00. The fourth-order valence-corrected chi connectivity index (χ4v) is 11.0. The summed E-state index contributed by atoms with van der Waals surface area (Å²) < 4.78 is 46.4. The lowest BCUT2D eigenvalue weighted by atomic mass is 9.68. The van der Waals surface area contributed by atoms with Gasteiger partial charge in [0.1, 0.15) is 11.5 Å². The van der Waals surface area contributed by atoms with Gasteiger partial charge in [0.15, 0.2) is 6.61 Å². The number of hydrogen-bond acceptors (Lipinski definition) is 8. The molecular formula is C34H26F3N3O6S2. The first-order valence-electron chi connectivity index (χ1n) is 15.2. The molecule has 246 valence electrons. The van der Waals surface area contributed by atoms with Gasteiger partial charge in [0.2, 0.25) is 11.8 Å². The van der Waals surface area contributed by atoms with E-state index in [4.69, 9.17) is 4.74 Å². The number of benzene rings is 3. The second-order valence-corrected chi connectivity index (χ2v) is 14.7. The number of anilines is 2. The molecule has 3 heterocycles. The Kier molecular flexibility index (Phi) is 7.22. The van der Waals surface area contributed by atoms with Crippen molar-refractivity contribution in [1.82, 2.24) is 4.98 Å². The van der Waals surface area contributed by atoms with Crippen LogP contribution in [0.1, 0.15) is 28.3 Å². The summed E-state index contributed by atoms with van der Waals surface area (Å²) in [6, 6.07) is 17.6. The number of aromatic nitrogens is 1. The van der Waals surface area contributed by atoms with E-state index >= 15 is 0 Å². The zero-order chi connectivity index (χ0) is 33.5. The normalized spacial score (nSPS) is 27.1. The van der Waals surface area contributed by atoms with Crippen molar-refractivity contribution in [2.24, 2.45) is 29.6 Å². The van der Waals surface area contributed by atoms with Gasteiger partial charge in [-0.15, -0.1) is 11.8 Å². The maximum atomic E-state index is 14.0. The van der Waals surface area contributed by atoms with Crippen molar-refractivity contribution in [1.29, 1.82) is 0 Å². The summed E-state index contributed by atoms with van der Waals surface area (Å²) in [6.07, 6.45) is -4.01. The van der Waals surface area contributed by atoms with Crippen LogP contribution in [0.25, 0.3) is 0 Å². The molecule has 8 rings (SSSR count). The Morgan fingerprint density at radius 1 is 0.979 bits per heavy atom. The number of hydrogen-bond donors (Lipinski definition) is 3. The first-order valence-corrected chi connectivity index (χ1v) is 16.9. The van der Waals surface area contributed by atoms with Crippen molar-refractivity contribution in [3.8, 4) is 11.5 Å². The largest absolute Gasteiger partial charge is 0.508 e. The number of imide groups is 1. The van der Waals surface area contributed by atoms with Crippen molar-refractivity contribution in [2.45, 2.75) is 28.8 Å². The van der Waals surface area contributed by atoms with Crippen molar-refractivity contribution in [2.75, 3.05) is 16.8 Å². The SMILES string of the molecule is O=C(COc1cccc([C@@H]2c3sc(=O)[nH]c3S[C@@H]3[C@@H]4C[C@@H]([C@@H]5C(=O)N(c6cccc(C(F)(F)F)c6)C(=O)[C@@H]45)[C@H]23)c1)Nc1ccc(O)cc1. The smallest absolute Gasteiger partial charge is 0.416 e. The van der Waals surface area contributed by atoms with E-state index in [9.17, 15) is 37.5 Å². The Labute approximate surface area is 279 Å². The van der Waals surface area contributed by atoms with Gasteiger partial charge in [-0.3, -0.25) is 24.1 Å². The number of aromatic amines is 1. The lowest BCUT2D eigenvalue weighted by molar-refractivity contribution is -0.137. The highest BCUT2D eigenvalue weighted by Gasteiger charge is 2.69. The standard InChI is InChI=1S/C34H26F3N3O6S2/c35-34(36,37)16-4-2-5-18(12-16)40-31(43)26-21-13-22(27(26)32(40)44)28-25(21)24(29-30(47-28)39-33(45)48-29)15-3-1-6-20(11-15)46-14-23(42)38-17-7-9-19(41)10-8-17/h1-12,21-22,24-28,41H,13-14H2,(H,38,42)(H,39,45)/t21-,22-,24+,25-,26+,27+,28-/m1/s1. The number of phenols is 1. The Morgan fingerprint density at radius 2 is 1.71 bits per heavy atom. The molecule has 9 nitrogen and oxygen atoms in total. The molecule has 2 saturated carbocycles. The van der Waals surface area contributed by atoms with Crippen LogP contribution >= 0.6 is 23.1 Å². The van der Waals surface area contributed by atoms with Gasteiger partial charge in [0.05, 0.1) is 28.1 Å². The number of H-pyrrole nitrogens is 1. The molecule has 3 aromatic carbocycles. The number of carbonyl (C=O) groups is 3. The quantitative estimate of drug-likeness (QED) is 0.171. The van der Waals surface area contributed by atoms with E-state index < -0.39 is 41.3 Å². The lowest BCUT2D eigenvalue weighted by Gasteiger charge is -2.43. The Morgan fingerprint density at radius 3 is 2.46 bits per heavy atom. The highest BCUT2D eigenvalue weighted by atomic mass is 32.2. The van der Waals surface area contributed by atoms with E-state index in [-0.39, 0.29) is 51.8 Å². The number of aromatic hydroxyl groups is 1. The minimum Gasteiger partial charge on any atom is -0.508 e. The maximum Gasteiger partial charge on any atom is 0.416 e. The molecule has 2 bridgehead atoms. The number of amides is 3. The summed E-state index contributed by atoms with van der Waals surface area (Å²) in [5, 5.41) is 12.8. The predicted molar refractivity (Wildman–Crippen MR) is 171 cm³/mol. The number of alkyl halides is 3. The van der Waals surface area contributed by atoms with Crippen LogP contribution in [0.3, 0.4) is 0 Å². The molecule has 0 radical (unpaired) electrons. The number of carbonyl (C=O) groups excluding carboxylic acids is 3. The summed E-state index contributed by atoms with van der Waals surface area (Å²) in [6.45, 7) is -0.282. The van der Waals surface area contributed by atoms with Gasteiger partial charge in [0.25, 0.3) is 5.91 Å². The van der Waals surface area contributed by atoms with Crippen LogP contribution in [-0.4, -0.2) is 39.7 Å². The third-order valence-corrected chi connectivity index (χ3v) is 12.5. The first kappa shape index (κ1) is 30.8. The molecule has 2 aliphatic carbocycles. The average molecular weight is 694 g/mol. The molecule has 4 aliphatic rings. The number of rotatable bonds is 6. The molecule has 0 unspecified atom stereocenters. The van der Waals surface area contributed by atoms with E-state index in [1.165, 1.54) is 36.0 Å². The fourth-order valence-electron chi connectivity index (χ4n) is 8.15. The van der Waals surface area contributed by atoms with Gasteiger partial charge in [-0.1, -0.05) is 29.5 Å². The van der Waals surface area contributed by atoms with Gasteiger partial charge < -0.3 is 20.1 Å². The van der Waals surface area contributed by atoms with Gasteiger partial charge >= 0.3 is 11.0 Å². The molecule has 7 atom stereocenters. The van der Waals surface area contributed by atoms with Crippen molar-refractivity contribution < 1.29 is 37.4 Å². The maximum absolute atomic E-state index is 14.0. The van der Waals surface area contributed by atoms with Crippen LogP contribution in [0.15, 0.2) is 82.6 Å². The minimum absolute atomic E-state index is 0.0722. The molecule has 14 heteroatoms. The van der Waals surface area contributed by atoms with Crippen LogP contribution in [0.2, 0.25) is 0 Å². The molecule has 3 fully saturated rings. The number of thioether (sulfide) groups is 1. The van der Waals surface area contributed by atoms with Crippen molar-refractivity contribution in [3.05, 3.63) is 98.5 Å². The van der Waals surface area contributed by atoms with Crippen molar-refractivity contribution >= 4 is 52.2 Å². The van der Waals surface area contributed by atoms with E-state index in [0.29, 0.717) is 22.9 Å². The summed E-state index contributed by atoms with van der Waals surface area (Å²) in [7, 11) is 0. The molecule has 4 aromatic rings. The van der Waals surface area contributed by atoms with E-state index in [0.717, 1.165) is 38.8 Å². The van der Waals surface area contributed by atoms with E-state index in [1.54, 1.807) is 24.3 Å². The Balaban J connectivity index is 1.08. The monoisotopic (exact) mass is 693 g/mol. The third-order valence-electron chi connectivity index (χ3n) is 9.89. The number of thiazole rings is 1. The molecule has 3 N–H and O–H groups in total. The van der Waals surface area contributed by atoms with Gasteiger partial charge in [0, 0.05) is 21.7 Å². The summed E-state index contributed by atoms with van der Waals surface area (Å²) in [5.41, 5.74) is 0.313. The highest BCUT2D eigenvalue weighted by Crippen LogP contribution is 2.68. The van der Waals surface area contributed by atoms with Crippen LogP contribution in [0.5, 0.6) is 11.5 Å². The molecule has 48 heavy (non-hydrogen) atoms. The zero-order valence-electron chi connectivity index (χ0n) is 24.8. The molecule has 1 saturated heterocycles. The van der Waals surface area contributed by atoms with E-state index in [2.05, 4.69) is 10.3 Å². The summed E-state index contributed by atoms with van der Waals surface area (Å²) in [4.78, 5) is 57.5. The molecule has 1 aromatic heterocycles. The molecular weight excluding hydrogens is 668 g/mol. The second-order valence-electron chi connectivity index (χ2n) is 12.5. The van der Waals surface area contributed by atoms with Crippen molar-refractivity contribution in [3.63, 3.8) is 0 Å². The number of ether oxygens (including phenoxy) is 1. The van der Waals surface area contributed by atoms with Gasteiger partial charge in [-0.05, 0) is 84.3 Å². The minimum atomic E-state index is -4.63. The Bertz CT molecular complexity index is 2030. The highest BCUT2D eigenvalue weighted by molar-refractivity contribution is 8.00. The average Bonchev–Trinajstić information content (AvgIpc) is 3.79. The Hall–Kier alpha value is -4.56. The number of phenolic OH excluding ortho intramolecular Hbond substituents is 1. The zero-order valence-corrected chi connectivity index (χ0v) is 26.4. The van der Waals surface area contributed by atoms with Crippen LogP contribution < -0.4 is 19.8 Å². The van der Waals surface area contributed by atoms with Crippen LogP contribution in [-0.2, 0) is 20.6 Å². The first-order chi connectivity index (χ1) is 23.0. The number of nitrogens with zero attached hydrogens (tertiary/aromatic N) is 1. The summed E-state index contributed by atoms with van der Waals surface area (Å²) >= 11 is 2.61. The van der Waals surface area contributed by atoms with Crippen LogP contribution in [0.4, 0.5) is 24.5 Å². The van der Waals surface area contributed by atoms with Crippen LogP contribution in [0, 0.1) is 29.6 Å². The predicted octanol–water partition coefficient (Wildman–Crippen LogP) is 5.86. The molecule has 0 spiro atoms.